The largest absolute Gasteiger partial charge is 0.350 e. The summed E-state index contributed by atoms with van der Waals surface area (Å²) in [7, 11) is 0. The number of amides is 2. The van der Waals surface area contributed by atoms with Gasteiger partial charge in [-0.1, -0.05) is 53.3 Å². The average Bonchev–Trinajstić information content (AvgIpc) is 2.65. The van der Waals surface area contributed by atoms with E-state index in [0.29, 0.717) is 11.4 Å². The van der Waals surface area contributed by atoms with Crippen molar-refractivity contribution >= 4 is 70.1 Å². The molecule has 0 aromatic heterocycles. The lowest BCUT2D eigenvalue weighted by molar-refractivity contribution is 0.236. The minimum absolute atomic E-state index is 0.205. The number of hydrogen-bond donors (Lipinski definition) is 1. The summed E-state index contributed by atoms with van der Waals surface area (Å²) in [5.41, 5.74) is 3.72. The van der Waals surface area contributed by atoms with Crippen LogP contribution in [0.1, 0.15) is 13.3 Å². The monoisotopic (exact) mass is 373 g/mol. The number of rotatable bonds is 3. The molecule has 1 fully saturated rings. The second-order valence-electron chi connectivity index (χ2n) is 4.01. The summed E-state index contributed by atoms with van der Waals surface area (Å²) < 4.78 is -0.382. The van der Waals surface area contributed by atoms with Crippen molar-refractivity contribution in [2.24, 2.45) is 0 Å². The van der Waals surface area contributed by atoms with E-state index in [0.717, 1.165) is 17.6 Å². The lowest BCUT2D eigenvalue weighted by Crippen LogP contribution is -2.36. The Morgan fingerprint density at radius 1 is 1.30 bits per heavy atom. The van der Waals surface area contributed by atoms with E-state index in [1.54, 1.807) is 29.2 Å². The molecule has 0 aliphatic carbocycles. The molecule has 110 valence electrons. The van der Waals surface area contributed by atoms with Gasteiger partial charge in [0.05, 0.1) is 0 Å². The van der Waals surface area contributed by atoms with Crippen LogP contribution in [0.3, 0.4) is 0 Å². The number of nitrogens with one attached hydrogen (secondary N) is 1. The Morgan fingerprint density at radius 2 is 1.90 bits per heavy atom. The molecule has 2 amide bonds. The fourth-order valence-electron chi connectivity index (χ4n) is 1.81. The summed E-state index contributed by atoms with van der Waals surface area (Å²) in [6.45, 7) is 1.96. The molecular formula is C11H11Cl4N3OS. The van der Waals surface area contributed by atoms with E-state index in [4.69, 9.17) is 46.4 Å². The van der Waals surface area contributed by atoms with Crippen LogP contribution in [0.5, 0.6) is 0 Å². The van der Waals surface area contributed by atoms with E-state index in [-0.39, 0.29) is 12.2 Å². The van der Waals surface area contributed by atoms with Crippen LogP contribution in [-0.4, -0.2) is 19.7 Å². The standard InChI is InChI=1S/C11H11Cl4N3OS/c1-2-9-16-18(20-11(13,14)15)10(19)17(9)8-5-3-7(12)4-6-8/h3-6,9,16H,2H2,1H3. The predicted molar refractivity (Wildman–Crippen MR) is 86.3 cm³/mol. The minimum atomic E-state index is -1.61. The van der Waals surface area contributed by atoms with E-state index in [2.05, 4.69) is 5.43 Å². The number of anilines is 1. The molecule has 1 N–H and O–H groups in total. The molecule has 1 aliphatic heterocycles. The highest BCUT2D eigenvalue weighted by atomic mass is 35.6. The van der Waals surface area contributed by atoms with Crippen molar-refractivity contribution in [2.45, 2.75) is 22.6 Å². The van der Waals surface area contributed by atoms with Gasteiger partial charge in [-0.2, -0.15) is 9.84 Å². The van der Waals surface area contributed by atoms with E-state index in [9.17, 15) is 4.79 Å². The summed E-state index contributed by atoms with van der Waals surface area (Å²) in [6, 6.07) is 6.70. The number of carbonyl (C=O) groups excluding carboxylic acids is 1. The number of hydrazine groups is 1. The molecule has 4 nitrogen and oxygen atoms in total. The molecule has 1 saturated heterocycles. The number of nitrogens with zero attached hydrogens (tertiary/aromatic N) is 2. The van der Waals surface area contributed by atoms with Gasteiger partial charge in [0.2, 0.25) is 0 Å². The summed E-state index contributed by atoms with van der Waals surface area (Å²) in [5.74, 6) is 0. The third-order valence-electron chi connectivity index (χ3n) is 2.64. The number of benzene rings is 1. The van der Waals surface area contributed by atoms with Crippen LogP contribution >= 0.6 is 58.4 Å². The normalized spacial score (nSPS) is 19.9. The number of alkyl halides is 3. The first-order valence-electron chi connectivity index (χ1n) is 5.72. The first-order chi connectivity index (χ1) is 9.31. The molecule has 1 heterocycles. The van der Waals surface area contributed by atoms with Crippen LogP contribution < -0.4 is 10.3 Å². The van der Waals surface area contributed by atoms with Gasteiger partial charge >= 0.3 is 6.03 Å². The van der Waals surface area contributed by atoms with Crippen molar-refractivity contribution in [2.75, 3.05) is 4.90 Å². The fourth-order valence-corrected chi connectivity index (χ4v) is 3.11. The van der Waals surface area contributed by atoms with Crippen molar-refractivity contribution in [3.05, 3.63) is 29.3 Å². The van der Waals surface area contributed by atoms with Crippen molar-refractivity contribution in [1.82, 2.24) is 9.84 Å². The Labute approximate surface area is 141 Å². The maximum atomic E-state index is 12.4. The molecule has 2 rings (SSSR count). The maximum Gasteiger partial charge on any atom is 0.350 e. The van der Waals surface area contributed by atoms with Gasteiger partial charge in [0.15, 0.2) is 0 Å². The topological polar surface area (TPSA) is 35.6 Å². The third kappa shape index (κ3) is 3.78. The van der Waals surface area contributed by atoms with E-state index >= 15 is 0 Å². The minimum Gasteiger partial charge on any atom is -0.275 e. The Bertz CT molecular complexity index is 493. The second kappa shape index (κ2) is 6.38. The number of hydrogen-bond acceptors (Lipinski definition) is 3. The van der Waals surface area contributed by atoms with Crippen molar-refractivity contribution < 1.29 is 4.79 Å². The Kier molecular flexibility index (Phi) is 5.21. The molecular weight excluding hydrogens is 364 g/mol. The van der Waals surface area contributed by atoms with E-state index in [1.807, 2.05) is 6.92 Å². The van der Waals surface area contributed by atoms with Crippen molar-refractivity contribution in [1.29, 1.82) is 0 Å². The zero-order valence-electron chi connectivity index (χ0n) is 10.3. The highest BCUT2D eigenvalue weighted by Crippen LogP contribution is 2.42. The maximum absolute atomic E-state index is 12.4. The third-order valence-corrected chi connectivity index (χ3v) is 4.17. The molecule has 0 bridgehead atoms. The van der Waals surface area contributed by atoms with Gasteiger partial charge in [-0.3, -0.25) is 4.90 Å². The molecule has 9 heteroatoms. The van der Waals surface area contributed by atoms with Gasteiger partial charge in [-0.25, -0.2) is 4.79 Å². The average molecular weight is 375 g/mol. The molecule has 0 spiro atoms. The lowest BCUT2D eigenvalue weighted by Gasteiger charge is -2.21. The van der Waals surface area contributed by atoms with Crippen LogP contribution in [-0.2, 0) is 0 Å². The smallest absolute Gasteiger partial charge is 0.275 e. The molecule has 1 aliphatic rings. The highest BCUT2D eigenvalue weighted by molar-refractivity contribution is 8.03. The fraction of sp³-hybridized carbons (Fsp3) is 0.364. The molecule has 1 unspecified atom stereocenters. The highest BCUT2D eigenvalue weighted by Gasteiger charge is 2.41. The molecule has 20 heavy (non-hydrogen) atoms. The number of urea groups is 1. The first kappa shape index (κ1) is 16.3. The van der Waals surface area contributed by atoms with Gasteiger partial charge in [0, 0.05) is 22.7 Å². The van der Waals surface area contributed by atoms with E-state index < -0.39 is 3.12 Å². The van der Waals surface area contributed by atoms with Crippen molar-refractivity contribution in [3.63, 3.8) is 0 Å². The van der Waals surface area contributed by atoms with Crippen LogP contribution in [0.2, 0.25) is 5.02 Å². The summed E-state index contributed by atoms with van der Waals surface area (Å²) in [6.07, 6.45) is 0.495. The van der Waals surface area contributed by atoms with Gasteiger partial charge in [0.25, 0.3) is 3.12 Å². The van der Waals surface area contributed by atoms with Gasteiger partial charge in [-0.15, -0.1) is 0 Å². The Balaban J connectivity index is 2.23. The molecule has 1 aromatic carbocycles. The molecule has 1 aromatic rings. The Morgan fingerprint density at radius 3 is 2.40 bits per heavy atom. The van der Waals surface area contributed by atoms with Gasteiger partial charge in [0.1, 0.15) is 6.17 Å². The Hall–Kier alpha value is -0.0400. The van der Waals surface area contributed by atoms with Crippen molar-refractivity contribution in [3.8, 4) is 0 Å². The predicted octanol–water partition coefficient (Wildman–Crippen LogP) is 4.80. The molecule has 1 atom stereocenters. The second-order valence-corrected chi connectivity index (χ2v) is 8.56. The van der Waals surface area contributed by atoms with Crippen LogP contribution in [0.15, 0.2) is 24.3 Å². The molecule has 0 radical (unpaired) electrons. The van der Waals surface area contributed by atoms with Crippen LogP contribution in [0.25, 0.3) is 0 Å². The summed E-state index contributed by atoms with van der Waals surface area (Å²) >= 11 is 23.8. The lowest BCUT2D eigenvalue weighted by atomic mass is 10.2. The van der Waals surface area contributed by atoms with Gasteiger partial charge in [-0.05, 0) is 30.7 Å². The quantitative estimate of drug-likeness (QED) is 0.609. The number of carbonyl (C=O) groups is 1. The van der Waals surface area contributed by atoms with Crippen LogP contribution in [0, 0.1) is 0 Å². The zero-order chi connectivity index (χ0) is 14.9. The first-order valence-corrected chi connectivity index (χ1v) is 8.01. The number of halogens is 4. The van der Waals surface area contributed by atoms with Crippen LogP contribution in [0.4, 0.5) is 10.5 Å². The van der Waals surface area contributed by atoms with E-state index in [1.165, 1.54) is 4.41 Å². The SMILES string of the molecule is CCC1NN(SC(Cl)(Cl)Cl)C(=O)N1c1ccc(Cl)cc1. The molecule has 0 saturated carbocycles. The summed E-state index contributed by atoms with van der Waals surface area (Å²) in [4.78, 5) is 14.0. The summed E-state index contributed by atoms with van der Waals surface area (Å²) in [5, 5.41) is 0.605. The zero-order valence-corrected chi connectivity index (χ0v) is 14.2. The van der Waals surface area contributed by atoms with Gasteiger partial charge < -0.3 is 0 Å².